The van der Waals surface area contributed by atoms with Crippen LogP contribution in [-0.4, -0.2) is 43.4 Å². The molecule has 15 heavy (non-hydrogen) atoms. The number of carbonyl (C=O) groups excluding carboxylic acids is 2. The minimum absolute atomic E-state index is 0.120. The molecule has 0 saturated carbocycles. The maximum absolute atomic E-state index is 10.9. The lowest BCUT2D eigenvalue weighted by atomic mass is 9.98. The molecule has 1 heterocycles. The number of hydrogen-bond donors (Lipinski definition) is 0. The zero-order valence-corrected chi connectivity index (χ0v) is 9.28. The summed E-state index contributed by atoms with van der Waals surface area (Å²) in [6.45, 7) is 4.75. The minimum atomic E-state index is -0.120. The van der Waals surface area contributed by atoms with Gasteiger partial charge in [-0.1, -0.05) is 6.92 Å². The summed E-state index contributed by atoms with van der Waals surface area (Å²) in [6.07, 6.45) is 3.43. The molecule has 0 radical (unpaired) electrons. The smallest absolute Gasteiger partial charge is 0.305 e. The second-order valence-corrected chi connectivity index (χ2v) is 3.95. The number of esters is 1. The van der Waals surface area contributed by atoms with Crippen LogP contribution in [0.3, 0.4) is 0 Å². The summed E-state index contributed by atoms with van der Waals surface area (Å²) in [5.74, 6) is 0.355. The van der Waals surface area contributed by atoms with Gasteiger partial charge in [0.25, 0.3) is 0 Å². The van der Waals surface area contributed by atoms with E-state index in [1.807, 2.05) is 0 Å². The van der Waals surface area contributed by atoms with E-state index in [4.69, 9.17) is 4.74 Å². The molecule has 0 aliphatic carbocycles. The van der Waals surface area contributed by atoms with E-state index in [0.717, 1.165) is 32.2 Å². The Balaban J connectivity index is 2.14. The number of piperidine rings is 1. The van der Waals surface area contributed by atoms with Crippen molar-refractivity contribution in [2.75, 3.05) is 26.2 Å². The molecule has 1 aliphatic heterocycles. The fourth-order valence-corrected chi connectivity index (χ4v) is 1.75. The fraction of sp³-hybridized carbons (Fsp3) is 0.818. The number of aldehydes is 1. The number of hydrogen-bond acceptors (Lipinski definition) is 4. The van der Waals surface area contributed by atoms with Crippen LogP contribution < -0.4 is 0 Å². The van der Waals surface area contributed by atoms with Gasteiger partial charge in [0, 0.05) is 6.42 Å². The summed E-state index contributed by atoms with van der Waals surface area (Å²) in [5, 5.41) is 0. The monoisotopic (exact) mass is 213 g/mol. The lowest BCUT2D eigenvalue weighted by molar-refractivity contribution is -0.145. The van der Waals surface area contributed by atoms with Crippen molar-refractivity contribution >= 4 is 12.3 Å². The maximum atomic E-state index is 10.9. The van der Waals surface area contributed by atoms with E-state index in [0.29, 0.717) is 25.5 Å². The first-order chi connectivity index (χ1) is 7.26. The predicted octanol–water partition coefficient (Wildman–Crippen LogP) is 0.851. The van der Waals surface area contributed by atoms with Crippen molar-refractivity contribution < 1.29 is 14.3 Å². The van der Waals surface area contributed by atoms with E-state index < -0.39 is 0 Å². The predicted molar refractivity (Wildman–Crippen MR) is 56.5 cm³/mol. The van der Waals surface area contributed by atoms with Crippen LogP contribution in [0.15, 0.2) is 0 Å². The van der Waals surface area contributed by atoms with Crippen molar-refractivity contribution in [2.24, 2.45) is 5.92 Å². The largest absolute Gasteiger partial charge is 0.465 e. The number of carbonyl (C=O) groups is 2. The zero-order valence-electron chi connectivity index (χ0n) is 9.28. The number of nitrogens with zero attached hydrogens (tertiary/aromatic N) is 1. The van der Waals surface area contributed by atoms with Gasteiger partial charge in [0.15, 0.2) is 0 Å². The van der Waals surface area contributed by atoms with Crippen molar-refractivity contribution in [2.45, 2.75) is 26.2 Å². The highest BCUT2D eigenvalue weighted by Crippen LogP contribution is 2.16. The molecule has 0 aromatic rings. The average Bonchev–Trinajstić information content (AvgIpc) is 2.28. The van der Waals surface area contributed by atoms with Gasteiger partial charge in [-0.25, -0.2) is 0 Å². The fourth-order valence-electron chi connectivity index (χ4n) is 1.75. The highest BCUT2D eigenvalue weighted by molar-refractivity contribution is 5.68. The first-order valence-corrected chi connectivity index (χ1v) is 5.57. The van der Waals surface area contributed by atoms with Crippen molar-refractivity contribution in [3.8, 4) is 0 Å². The second-order valence-electron chi connectivity index (χ2n) is 3.95. The molecule has 1 aliphatic rings. The quantitative estimate of drug-likeness (QED) is 0.502. The van der Waals surface area contributed by atoms with Crippen LogP contribution >= 0.6 is 0 Å². The SMILES string of the molecule is CCC(=O)OCC1CCN(CC=O)CC1. The molecule has 0 N–H and O–H groups in total. The van der Waals surface area contributed by atoms with Crippen LogP contribution in [0, 0.1) is 5.92 Å². The Labute approximate surface area is 90.6 Å². The summed E-state index contributed by atoms with van der Waals surface area (Å²) in [5.41, 5.74) is 0. The summed E-state index contributed by atoms with van der Waals surface area (Å²) in [4.78, 5) is 23.4. The molecular weight excluding hydrogens is 194 g/mol. The number of likely N-dealkylation sites (tertiary alicyclic amines) is 1. The number of rotatable bonds is 5. The lowest BCUT2D eigenvalue weighted by Gasteiger charge is -2.30. The molecule has 86 valence electrons. The maximum Gasteiger partial charge on any atom is 0.305 e. The highest BCUT2D eigenvalue weighted by Gasteiger charge is 2.19. The summed E-state index contributed by atoms with van der Waals surface area (Å²) in [6, 6.07) is 0. The Morgan fingerprint density at radius 3 is 2.67 bits per heavy atom. The molecule has 1 saturated heterocycles. The van der Waals surface area contributed by atoms with E-state index in [2.05, 4.69) is 4.90 Å². The average molecular weight is 213 g/mol. The van der Waals surface area contributed by atoms with Gasteiger partial charge in [0.2, 0.25) is 0 Å². The van der Waals surface area contributed by atoms with Crippen molar-refractivity contribution in [3.05, 3.63) is 0 Å². The summed E-state index contributed by atoms with van der Waals surface area (Å²) in [7, 11) is 0. The van der Waals surface area contributed by atoms with Gasteiger partial charge in [-0.15, -0.1) is 0 Å². The van der Waals surface area contributed by atoms with Gasteiger partial charge in [-0.05, 0) is 31.8 Å². The van der Waals surface area contributed by atoms with Gasteiger partial charge >= 0.3 is 5.97 Å². The van der Waals surface area contributed by atoms with Gasteiger partial charge in [-0.2, -0.15) is 0 Å². The van der Waals surface area contributed by atoms with Crippen LogP contribution in [0.5, 0.6) is 0 Å². The van der Waals surface area contributed by atoms with Gasteiger partial charge in [0.1, 0.15) is 6.29 Å². The molecule has 0 aromatic heterocycles. The lowest BCUT2D eigenvalue weighted by Crippen LogP contribution is -2.36. The Hall–Kier alpha value is -0.900. The van der Waals surface area contributed by atoms with Crippen LogP contribution in [0.25, 0.3) is 0 Å². The molecule has 0 atom stereocenters. The minimum Gasteiger partial charge on any atom is -0.465 e. The summed E-state index contributed by atoms with van der Waals surface area (Å²) < 4.78 is 5.10. The van der Waals surface area contributed by atoms with Crippen LogP contribution in [0.4, 0.5) is 0 Å². The van der Waals surface area contributed by atoms with Gasteiger partial charge < -0.3 is 9.53 Å². The molecule has 1 rings (SSSR count). The normalized spacial score (nSPS) is 18.7. The third-order valence-corrected chi connectivity index (χ3v) is 2.81. The zero-order chi connectivity index (χ0) is 11.1. The topological polar surface area (TPSA) is 46.6 Å². The summed E-state index contributed by atoms with van der Waals surface area (Å²) >= 11 is 0. The first kappa shape index (κ1) is 12.2. The molecule has 0 aromatic carbocycles. The van der Waals surface area contributed by atoms with Crippen molar-refractivity contribution in [1.82, 2.24) is 4.90 Å². The third-order valence-electron chi connectivity index (χ3n) is 2.81. The molecule has 1 fully saturated rings. The molecular formula is C11H19NO3. The third kappa shape index (κ3) is 4.42. The highest BCUT2D eigenvalue weighted by atomic mass is 16.5. The standard InChI is InChI=1S/C11H19NO3/c1-2-11(14)15-9-10-3-5-12(6-4-10)7-8-13/h8,10H,2-7,9H2,1H3. The van der Waals surface area contributed by atoms with E-state index in [-0.39, 0.29) is 5.97 Å². The molecule has 0 spiro atoms. The Bertz CT molecular complexity index is 210. The number of ether oxygens (including phenoxy) is 1. The molecule has 0 amide bonds. The van der Waals surface area contributed by atoms with Crippen molar-refractivity contribution in [1.29, 1.82) is 0 Å². The van der Waals surface area contributed by atoms with E-state index in [9.17, 15) is 9.59 Å². The Kier molecular flexibility index (Phi) is 5.32. The molecule has 4 heteroatoms. The molecule has 4 nitrogen and oxygen atoms in total. The van der Waals surface area contributed by atoms with Crippen LogP contribution in [0.2, 0.25) is 0 Å². The van der Waals surface area contributed by atoms with E-state index in [1.54, 1.807) is 6.92 Å². The molecule has 0 unspecified atom stereocenters. The van der Waals surface area contributed by atoms with Crippen LogP contribution in [0.1, 0.15) is 26.2 Å². The Morgan fingerprint density at radius 2 is 2.13 bits per heavy atom. The molecule has 0 bridgehead atoms. The van der Waals surface area contributed by atoms with Crippen molar-refractivity contribution in [3.63, 3.8) is 0 Å². The second kappa shape index (κ2) is 6.56. The van der Waals surface area contributed by atoms with Gasteiger partial charge in [-0.3, -0.25) is 9.69 Å². The van der Waals surface area contributed by atoms with Crippen LogP contribution in [-0.2, 0) is 14.3 Å². The van der Waals surface area contributed by atoms with E-state index in [1.165, 1.54) is 0 Å². The first-order valence-electron chi connectivity index (χ1n) is 5.57. The van der Waals surface area contributed by atoms with Gasteiger partial charge in [0.05, 0.1) is 13.2 Å². The Morgan fingerprint density at radius 1 is 1.47 bits per heavy atom. The van der Waals surface area contributed by atoms with E-state index >= 15 is 0 Å².